The molecule has 0 saturated carbocycles. The zero-order valence-corrected chi connectivity index (χ0v) is 25.9. The number of carbonyl (C=O) groups excluding carboxylic acids is 2. The van der Waals surface area contributed by atoms with Crippen molar-refractivity contribution in [1.82, 2.24) is 25.0 Å². The third-order valence-electron chi connectivity index (χ3n) is 8.44. The van der Waals surface area contributed by atoms with E-state index in [1.54, 1.807) is 11.0 Å². The van der Waals surface area contributed by atoms with Crippen LogP contribution in [0.1, 0.15) is 34.6 Å². The summed E-state index contributed by atoms with van der Waals surface area (Å²) < 4.78 is 44.2. The van der Waals surface area contributed by atoms with Crippen molar-refractivity contribution in [2.75, 3.05) is 26.9 Å². The predicted molar refractivity (Wildman–Crippen MR) is 170 cm³/mol. The first-order valence-corrected chi connectivity index (χ1v) is 15.6. The number of rotatable bonds is 8. The Hall–Kier alpha value is -4.94. The van der Waals surface area contributed by atoms with Crippen LogP contribution in [0.3, 0.4) is 0 Å². The van der Waals surface area contributed by atoms with E-state index >= 15 is 4.39 Å². The normalized spacial score (nSPS) is 15.5. The monoisotopic (exact) mass is 641 g/mol. The van der Waals surface area contributed by atoms with E-state index in [2.05, 4.69) is 11.9 Å². The number of aromatic nitrogens is 3. The topological polar surface area (TPSA) is 98.6 Å². The third-order valence-corrected chi connectivity index (χ3v) is 9.38. The minimum Gasteiger partial charge on any atom is -0.490 e. The van der Waals surface area contributed by atoms with E-state index in [9.17, 15) is 14.0 Å². The van der Waals surface area contributed by atoms with Crippen LogP contribution >= 0.6 is 11.3 Å². The number of nitrogens with zero attached hydrogens (tertiary/aromatic N) is 4. The van der Waals surface area contributed by atoms with Gasteiger partial charge in [0.25, 0.3) is 5.91 Å². The molecule has 2 aliphatic heterocycles. The van der Waals surface area contributed by atoms with E-state index in [1.807, 2.05) is 41.3 Å². The molecule has 12 heteroatoms. The number of pyridine rings is 1. The van der Waals surface area contributed by atoms with Gasteiger partial charge in [0, 0.05) is 59.1 Å². The Balaban J connectivity index is 1.49. The van der Waals surface area contributed by atoms with Crippen LogP contribution in [0.5, 0.6) is 5.75 Å². The van der Waals surface area contributed by atoms with Gasteiger partial charge in [-0.3, -0.25) is 14.3 Å². The van der Waals surface area contributed by atoms with E-state index in [0.717, 1.165) is 34.3 Å². The Kier molecular flexibility index (Phi) is 7.61. The van der Waals surface area contributed by atoms with Gasteiger partial charge in [-0.25, -0.2) is 13.8 Å². The molecule has 5 aromatic rings. The number of thiophene rings is 1. The zero-order chi connectivity index (χ0) is 32.1. The van der Waals surface area contributed by atoms with Gasteiger partial charge in [0.05, 0.1) is 36.1 Å². The van der Waals surface area contributed by atoms with Crippen molar-refractivity contribution in [3.63, 3.8) is 0 Å². The summed E-state index contributed by atoms with van der Waals surface area (Å²) in [5, 5.41) is 10.4. The lowest BCUT2D eigenvalue weighted by molar-refractivity contribution is -0.129. The van der Waals surface area contributed by atoms with Crippen molar-refractivity contribution in [3.8, 4) is 39.5 Å². The average Bonchev–Trinajstić information content (AvgIpc) is 3.79. The fraction of sp³-hybridized carbons (Fsp3) is 0.235. The summed E-state index contributed by atoms with van der Waals surface area (Å²) in [6.45, 7) is 7.15. The van der Waals surface area contributed by atoms with E-state index in [1.165, 1.54) is 24.5 Å². The molecule has 0 radical (unpaired) electrons. The Bertz CT molecular complexity index is 2060. The molecule has 1 unspecified atom stereocenters. The maximum atomic E-state index is 16.0. The second kappa shape index (κ2) is 11.8. The quantitative estimate of drug-likeness (QED) is 0.162. The maximum Gasteiger partial charge on any atom is 0.251 e. The number of benzene rings is 2. The Labute approximate surface area is 267 Å². The average molecular weight is 642 g/mol. The van der Waals surface area contributed by atoms with Crippen LogP contribution < -0.4 is 10.1 Å². The summed E-state index contributed by atoms with van der Waals surface area (Å²) in [6, 6.07) is 11.0. The number of nitrogens with one attached hydrogen (secondary N) is 1. The first kappa shape index (κ1) is 29.8. The first-order valence-electron chi connectivity index (χ1n) is 14.7. The lowest BCUT2D eigenvalue weighted by Crippen LogP contribution is -2.40. The van der Waals surface area contributed by atoms with Gasteiger partial charge in [0.2, 0.25) is 5.91 Å². The van der Waals surface area contributed by atoms with Crippen molar-refractivity contribution < 1.29 is 27.8 Å². The molecule has 2 aliphatic rings. The smallest absolute Gasteiger partial charge is 0.251 e. The van der Waals surface area contributed by atoms with Crippen LogP contribution in [0.15, 0.2) is 60.5 Å². The second-order valence-electron chi connectivity index (χ2n) is 11.1. The molecule has 2 amide bonds. The van der Waals surface area contributed by atoms with Crippen molar-refractivity contribution in [1.29, 1.82) is 0 Å². The summed E-state index contributed by atoms with van der Waals surface area (Å²) in [5.41, 5.74) is 4.98. The minimum absolute atomic E-state index is 0.0160. The number of methoxy groups -OCH3 is 1. The van der Waals surface area contributed by atoms with Crippen LogP contribution in [0.25, 0.3) is 43.9 Å². The number of fused-ring (bicyclic) bond motifs is 3. The number of amides is 2. The maximum absolute atomic E-state index is 16.0. The zero-order valence-electron chi connectivity index (χ0n) is 25.1. The summed E-state index contributed by atoms with van der Waals surface area (Å²) in [6.07, 6.45) is 1.29. The van der Waals surface area contributed by atoms with Gasteiger partial charge in [-0.15, -0.1) is 11.3 Å². The molecule has 0 aliphatic carbocycles. The summed E-state index contributed by atoms with van der Waals surface area (Å²) in [5.74, 6) is -1.87. The first-order chi connectivity index (χ1) is 22.3. The lowest BCUT2D eigenvalue weighted by atomic mass is 9.95. The molecule has 46 heavy (non-hydrogen) atoms. The second-order valence-corrected chi connectivity index (χ2v) is 12.0. The molecule has 0 saturated heterocycles. The number of hydrogen-bond donors (Lipinski definition) is 1. The van der Waals surface area contributed by atoms with Crippen molar-refractivity contribution in [3.05, 3.63) is 89.0 Å². The van der Waals surface area contributed by atoms with E-state index < -0.39 is 11.6 Å². The Morgan fingerprint density at radius 3 is 2.78 bits per heavy atom. The molecular formula is C34H29F2N5O4S. The lowest BCUT2D eigenvalue weighted by Gasteiger charge is -2.33. The molecular weight excluding hydrogens is 612 g/mol. The minimum atomic E-state index is -0.805. The standard InChI is InChI=1S/C34H29F2N5O4S/c1-4-28(42)40-8-9-41-26(18(40)2)16-25(39-41)32-30(29-24(36)14-21(35)15-27(29)45-11-10-44-3)33-23(7-12-46-33)31(38-32)19-5-6-22-20(13-19)17-37-34(22)43/h4-7,12-16,18H,1,8-11,17H2,2-3H3,(H,37,43). The molecule has 3 aromatic heterocycles. The van der Waals surface area contributed by atoms with Crippen molar-refractivity contribution >= 4 is 33.2 Å². The highest BCUT2D eigenvalue weighted by Gasteiger charge is 2.31. The van der Waals surface area contributed by atoms with Crippen molar-refractivity contribution in [2.45, 2.75) is 26.1 Å². The molecule has 7 rings (SSSR count). The van der Waals surface area contributed by atoms with Gasteiger partial charge in [-0.2, -0.15) is 5.10 Å². The number of carbonyl (C=O) groups is 2. The molecule has 5 heterocycles. The molecule has 234 valence electrons. The molecule has 0 spiro atoms. The summed E-state index contributed by atoms with van der Waals surface area (Å²) in [7, 11) is 1.52. The number of ether oxygens (including phenoxy) is 2. The van der Waals surface area contributed by atoms with E-state index in [4.69, 9.17) is 19.6 Å². The summed E-state index contributed by atoms with van der Waals surface area (Å²) >= 11 is 1.40. The van der Waals surface area contributed by atoms with Crippen LogP contribution in [-0.4, -0.2) is 58.3 Å². The molecule has 0 bridgehead atoms. The van der Waals surface area contributed by atoms with Crippen LogP contribution in [-0.2, 0) is 22.6 Å². The van der Waals surface area contributed by atoms with E-state index in [0.29, 0.717) is 52.5 Å². The van der Waals surface area contributed by atoms with Gasteiger partial charge in [-0.1, -0.05) is 12.6 Å². The van der Waals surface area contributed by atoms with E-state index in [-0.39, 0.29) is 42.4 Å². The van der Waals surface area contributed by atoms with Crippen LogP contribution in [0.4, 0.5) is 8.78 Å². The Morgan fingerprint density at radius 1 is 1.13 bits per heavy atom. The fourth-order valence-electron chi connectivity index (χ4n) is 6.22. The largest absolute Gasteiger partial charge is 0.490 e. The highest BCUT2D eigenvalue weighted by Crippen LogP contribution is 2.47. The molecule has 1 atom stereocenters. The van der Waals surface area contributed by atoms with Crippen LogP contribution in [0.2, 0.25) is 0 Å². The highest BCUT2D eigenvalue weighted by molar-refractivity contribution is 7.18. The highest BCUT2D eigenvalue weighted by atomic mass is 32.1. The Morgan fingerprint density at radius 2 is 1.98 bits per heavy atom. The third kappa shape index (κ3) is 4.94. The molecule has 1 N–H and O–H groups in total. The summed E-state index contributed by atoms with van der Waals surface area (Å²) in [4.78, 5) is 31.7. The number of hydrogen-bond acceptors (Lipinski definition) is 7. The predicted octanol–water partition coefficient (Wildman–Crippen LogP) is 6.13. The van der Waals surface area contributed by atoms with Gasteiger partial charge in [0.15, 0.2) is 0 Å². The fourth-order valence-corrected chi connectivity index (χ4v) is 7.17. The van der Waals surface area contributed by atoms with Gasteiger partial charge in [-0.05, 0) is 48.2 Å². The molecule has 2 aromatic carbocycles. The van der Waals surface area contributed by atoms with Gasteiger partial charge in [0.1, 0.15) is 35.4 Å². The number of halogens is 2. The van der Waals surface area contributed by atoms with Gasteiger partial charge < -0.3 is 19.7 Å². The van der Waals surface area contributed by atoms with Crippen molar-refractivity contribution in [2.24, 2.45) is 0 Å². The SMILES string of the molecule is C=CC(=O)N1CCn2nc(-c3nc(-c4ccc5c(c4)CNC5=O)c4ccsc4c3-c3c(F)cc(F)cc3OCCOC)cc2C1C. The molecule has 9 nitrogen and oxygen atoms in total. The van der Waals surface area contributed by atoms with Crippen LogP contribution in [0, 0.1) is 11.6 Å². The van der Waals surface area contributed by atoms with Gasteiger partial charge >= 0.3 is 0 Å². The molecule has 0 fully saturated rings.